The number of aromatic nitrogens is 1. The molecule has 0 saturated heterocycles. The number of thiazole rings is 1. The van der Waals surface area contributed by atoms with E-state index >= 15 is 0 Å². The molecule has 1 aliphatic rings. The summed E-state index contributed by atoms with van der Waals surface area (Å²) in [5, 5.41) is 7.96. The fourth-order valence-corrected chi connectivity index (χ4v) is 3.57. The number of carbonyl (C=O) groups is 1. The minimum absolute atomic E-state index is 0.00805. The Morgan fingerprint density at radius 3 is 2.62 bits per heavy atom. The molecule has 2 N–H and O–H groups in total. The van der Waals surface area contributed by atoms with Gasteiger partial charge in [0, 0.05) is 38.0 Å². The molecule has 0 aromatic carbocycles. The summed E-state index contributed by atoms with van der Waals surface area (Å²) < 4.78 is 0. The number of hydrogen-bond acceptors (Lipinski definition) is 4. The van der Waals surface area contributed by atoms with E-state index in [0.29, 0.717) is 6.04 Å². The van der Waals surface area contributed by atoms with Gasteiger partial charge in [0.05, 0.1) is 10.7 Å². The van der Waals surface area contributed by atoms with Crippen molar-refractivity contribution in [3.05, 3.63) is 15.6 Å². The summed E-state index contributed by atoms with van der Waals surface area (Å²) in [6.45, 7) is 5.08. The number of aliphatic imine (C=N–C) groups is 1. The highest BCUT2D eigenvalue weighted by atomic mass is 32.1. The number of carbonyl (C=O) groups excluding carboxylic acids is 1. The SMILES string of the molecule is Cc1nc(CCNC(=NCC(=O)N(C)C)NC2CCCC2)sc1C. The summed E-state index contributed by atoms with van der Waals surface area (Å²) in [6, 6.07) is 0.468. The van der Waals surface area contributed by atoms with Crippen molar-refractivity contribution in [1.29, 1.82) is 0 Å². The van der Waals surface area contributed by atoms with Crippen LogP contribution in [-0.2, 0) is 11.2 Å². The van der Waals surface area contributed by atoms with Crippen LogP contribution in [-0.4, -0.2) is 55.0 Å². The molecule has 0 radical (unpaired) electrons. The van der Waals surface area contributed by atoms with Gasteiger partial charge in [0.1, 0.15) is 6.54 Å². The predicted octanol–water partition coefficient (Wildman–Crippen LogP) is 1.87. The number of likely N-dealkylation sites (N-methyl/N-ethyl adjacent to an activating group) is 1. The van der Waals surface area contributed by atoms with Crippen LogP contribution in [0.2, 0.25) is 0 Å². The molecule has 7 heteroatoms. The van der Waals surface area contributed by atoms with E-state index in [4.69, 9.17) is 0 Å². The van der Waals surface area contributed by atoms with Crippen molar-refractivity contribution >= 4 is 23.2 Å². The highest BCUT2D eigenvalue weighted by Crippen LogP contribution is 2.18. The van der Waals surface area contributed by atoms with E-state index in [1.54, 1.807) is 30.3 Å². The van der Waals surface area contributed by atoms with Crippen molar-refractivity contribution in [2.24, 2.45) is 4.99 Å². The molecule has 1 aromatic rings. The predicted molar refractivity (Wildman–Crippen MR) is 99.7 cm³/mol. The fourth-order valence-electron chi connectivity index (χ4n) is 2.64. The zero-order chi connectivity index (χ0) is 17.5. The molecule has 0 spiro atoms. The van der Waals surface area contributed by atoms with Gasteiger partial charge in [0.15, 0.2) is 5.96 Å². The number of rotatable bonds is 6. The molecule has 134 valence electrons. The molecular formula is C17H29N5OS. The zero-order valence-electron chi connectivity index (χ0n) is 15.2. The van der Waals surface area contributed by atoms with Gasteiger partial charge in [-0.25, -0.2) is 9.98 Å². The van der Waals surface area contributed by atoms with E-state index in [9.17, 15) is 4.79 Å². The maximum atomic E-state index is 11.8. The Hall–Kier alpha value is -1.63. The van der Waals surface area contributed by atoms with Crippen molar-refractivity contribution in [2.45, 2.75) is 52.0 Å². The number of hydrogen-bond donors (Lipinski definition) is 2. The normalized spacial score (nSPS) is 15.6. The Morgan fingerprint density at radius 1 is 1.33 bits per heavy atom. The highest BCUT2D eigenvalue weighted by molar-refractivity contribution is 7.11. The van der Waals surface area contributed by atoms with Crippen LogP contribution in [0.15, 0.2) is 4.99 Å². The van der Waals surface area contributed by atoms with Gasteiger partial charge in [-0.05, 0) is 26.7 Å². The van der Waals surface area contributed by atoms with Gasteiger partial charge >= 0.3 is 0 Å². The maximum absolute atomic E-state index is 11.8. The lowest BCUT2D eigenvalue weighted by Crippen LogP contribution is -2.43. The quantitative estimate of drug-likeness (QED) is 0.606. The first-order valence-electron chi connectivity index (χ1n) is 8.63. The monoisotopic (exact) mass is 351 g/mol. The topological polar surface area (TPSA) is 69.6 Å². The van der Waals surface area contributed by atoms with Crippen molar-refractivity contribution in [3.8, 4) is 0 Å². The van der Waals surface area contributed by atoms with Gasteiger partial charge in [-0.3, -0.25) is 4.79 Å². The van der Waals surface area contributed by atoms with Crippen molar-refractivity contribution < 1.29 is 4.79 Å². The summed E-state index contributed by atoms with van der Waals surface area (Å²) in [5.74, 6) is 0.746. The lowest BCUT2D eigenvalue weighted by atomic mass is 10.2. The van der Waals surface area contributed by atoms with E-state index in [1.165, 1.54) is 30.6 Å². The van der Waals surface area contributed by atoms with Crippen LogP contribution in [0.25, 0.3) is 0 Å². The van der Waals surface area contributed by atoms with E-state index in [2.05, 4.69) is 27.5 Å². The van der Waals surface area contributed by atoms with Crippen LogP contribution in [0.1, 0.15) is 41.3 Å². The van der Waals surface area contributed by atoms with Crippen LogP contribution >= 0.6 is 11.3 Å². The molecule has 0 bridgehead atoms. The second-order valence-electron chi connectivity index (χ2n) is 6.50. The summed E-state index contributed by atoms with van der Waals surface area (Å²) in [7, 11) is 3.50. The van der Waals surface area contributed by atoms with Crippen LogP contribution in [0, 0.1) is 13.8 Å². The molecule has 1 amide bonds. The van der Waals surface area contributed by atoms with Crippen LogP contribution in [0.5, 0.6) is 0 Å². The zero-order valence-corrected chi connectivity index (χ0v) is 16.0. The summed E-state index contributed by atoms with van der Waals surface area (Å²) in [4.78, 5) is 23.6. The number of nitrogens with zero attached hydrogens (tertiary/aromatic N) is 3. The van der Waals surface area contributed by atoms with Gasteiger partial charge in [0.25, 0.3) is 0 Å². The first kappa shape index (κ1) is 18.7. The van der Waals surface area contributed by atoms with Crippen LogP contribution in [0.4, 0.5) is 0 Å². The molecule has 24 heavy (non-hydrogen) atoms. The molecule has 1 fully saturated rings. The molecule has 1 aromatic heterocycles. The minimum Gasteiger partial charge on any atom is -0.356 e. The van der Waals surface area contributed by atoms with Crippen molar-refractivity contribution in [1.82, 2.24) is 20.5 Å². The lowest BCUT2D eigenvalue weighted by molar-refractivity contribution is -0.127. The van der Waals surface area contributed by atoms with E-state index in [1.807, 2.05) is 6.92 Å². The number of amides is 1. The minimum atomic E-state index is 0.00805. The molecule has 1 heterocycles. The van der Waals surface area contributed by atoms with Gasteiger partial charge in [-0.15, -0.1) is 11.3 Å². The standard InChI is InChI=1S/C17H29N5OS/c1-12-13(2)24-15(20-12)9-10-18-17(19-11-16(23)22(3)4)21-14-7-5-6-8-14/h14H,5-11H2,1-4H3,(H2,18,19,21). The maximum Gasteiger partial charge on any atom is 0.243 e. The molecule has 0 aliphatic heterocycles. The molecule has 1 saturated carbocycles. The summed E-state index contributed by atoms with van der Waals surface area (Å²) >= 11 is 1.75. The third-order valence-corrected chi connectivity index (χ3v) is 5.40. The fraction of sp³-hybridized carbons (Fsp3) is 0.706. The van der Waals surface area contributed by atoms with Gasteiger partial charge in [-0.1, -0.05) is 12.8 Å². The van der Waals surface area contributed by atoms with Crippen LogP contribution < -0.4 is 10.6 Å². The average Bonchev–Trinajstić information content (AvgIpc) is 3.14. The Balaban J connectivity index is 1.88. The third-order valence-electron chi connectivity index (χ3n) is 4.27. The average molecular weight is 352 g/mol. The van der Waals surface area contributed by atoms with E-state index < -0.39 is 0 Å². The van der Waals surface area contributed by atoms with Crippen LogP contribution in [0.3, 0.4) is 0 Å². The molecular weight excluding hydrogens is 322 g/mol. The third kappa shape index (κ3) is 5.78. The summed E-state index contributed by atoms with van der Waals surface area (Å²) in [5.41, 5.74) is 1.12. The number of nitrogens with one attached hydrogen (secondary N) is 2. The Morgan fingerprint density at radius 2 is 2.04 bits per heavy atom. The number of aryl methyl sites for hydroxylation is 2. The Labute approximate surface area is 148 Å². The largest absolute Gasteiger partial charge is 0.356 e. The molecule has 0 unspecified atom stereocenters. The second kappa shape index (κ2) is 9.01. The van der Waals surface area contributed by atoms with Crippen molar-refractivity contribution in [3.63, 3.8) is 0 Å². The molecule has 6 nitrogen and oxygen atoms in total. The lowest BCUT2D eigenvalue weighted by Gasteiger charge is -2.17. The second-order valence-corrected chi connectivity index (χ2v) is 7.79. The van der Waals surface area contributed by atoms with Gasteiger partial charge in [0.2, 0.25) is 5.91 Å². The van der Waals surface area contributed by atoms with E-state index in [0.717, 1.165) is 29.6 Å². The highest BCUT2D eigenvalue weighted by Gasteiger charge is 2.16. The molecule has 1 aliphatic carbocycles. The summed E-state index contributed by atoms with van der Waals surface area (Å²) in [6.07, 6.45) is 5.74. The molecule has 2 rings (SSSR count). The van der Waals surface area contributed by atoms with Crippen molar-refractivity contribution in [2.75, 3.05) is 27.2 Å². The smallest absolute Gasteiger partial charge is 0.243 e. The van der Waals surface area contributed by atoms with E-state index in [-0.39, 0.29) is 12.5 Å². The Bertz CT molecular complexity index is 556. The molecule has 0 atom stereocenters. The first-order chi connectivity index (χ1) is 11.5. The van der Waals surface area contributed by atoms with Gasteiger partial charge < -0.3 is 15.5 Å². The van der Waals surface area contributed by atoms with Gasteiger partial charge in [-0.2, -0.15) is 0 Å². The Kier molecular flexibility index (Phi) is 7.02. The first-order valence-corrected chi connectivity index (χ1v) is 9.45. The number of guanidine groups is 1.